The van der Waals surface area contributed by atoms with Crippen molar-refractivity contribution >= 4 is 5.96 Å². The lowest BCUT2D eigenvalue weighted by Crippen LogP contribution is -2.55. The highest BCUT2D eigenvalue weighted by molar-refractivity contribution is 5.80. The van der Waals surface area contributed by atoms with E-state index in [1.807, 2.05) is 13.1 Å². The Morgan fingerprint density at radius 2 is 1.85 bits per heavy atom. The van der Waals surface area contributed by atoms with Crippen LogP contribution in [0.4, 0.5) is 0 Å². The van der Waals surface area contributed by atoms with Gasteiger partial charge in [-0.3, -0.25) is 14.8 Å². The summed E-state index contributed by atoms with van der Waals surface area (Å²) in [6.07, 6.45) is 1.64. The van der Waals surface area contributed by atoms with Crippen molar-refractivity contribution in [3.63, 3.8) is 0 Å². The highest BCUT2D eigenvalue weighted by atomic mass is 16.5. The lowest BCUT2D eigenvalue weighted by atomic mass is 10.2. The van der Waals surface area contributed by atoms with E-state index in [1.165, 1.54) is 13.1 Å². The Hall–Kier alpha value is -1.64. The van der Waals surface area contributed by atoms with E-state index in [-0.39, 0.29) is 0 Å². The summed E-state index contributed by atoms with van der Waals surface area (Å²) in [4.78, 5) is 14.4. The maximum Gasteiger partial charge on any atom is 0.193 e. The van der Waals surface area contributed by atoms with Crippen LogP contribution in [0.5, 0.6) is 0 Å². The van der Waals surface area contributed by atoms with Crippen LogP contribution in [0.1, 0.15) is 19.5 Å². The molecule has 3 heterocycles. The van der Waals surface area contributed by atoms with E-state index in [0.717, 1.165) is 70.6 Å². The first-order valence-electron chi connectivity index (χ1n) is 10.2. The van der Waals surface area contributed by atoms with Crippen LogP contribution in [0.15, 0.2) is 21.8 Å². The van der Waals surface area contributed by atoms with E-state index < -0.39 is 0 Å². The van der Waals surface area contributed by atoms with E-state index >= 15 is 0 Å². The van der Waals surface area contributed by atoms with Gasteiger partial charge in [-0.2, -0.15) is 0 Å². The summed E-state index contributed by atoms with van der Waals surface area (Å²) in [5.74, 6) is 1.02. The normalized spacial score (nSPS) is 22.2. The number of nitrogens with one attached hydrogen (secondary N) is 1. The summed E-state index contributed by atoms with van der Waals surface area (Å²) in [6.45, 7) is 16.2. The van der Waals surface area contributed by atoms with Crippen LogP contribution in [0.3, 0.4) is 0 Å². The maximum atomic E-state index is 4.93. The molecule has 3 rings (SSSR count). The Morgan fingerprint density at radius 3 is 2.44 bits per heavy atom. The minimum absolute atomic E-state index is 0.522. The molecule has 0 radical (unpaired) electrons. The van der Waals surface area contributed by atoms with Crippen molar-refractivity contribution in [3.8, 4) is 0 Å². The zero-order valence-corrected chi connectivity index (χ0v) is 17.1. The number of aromatic nitrogens is 1. The second-order valence-electron chi connectivity index (χ2n) is 7.50. The predicted molar refractivity (Wildman–Crippen MR) is 108 cm³/mol. The molecule has 2 aliphatic rings. The van der Waals surface area contributed by atoms with Crippen LogP contribution >= 0.6 is 0 Å². The molecule has 0 aliphatic carbocycles. The van der Waals surface area contributed by atoms with Gasteiger partial charge in [-0.05, 0) is 13.5 Å². The minimum atomic E-state index is 0.522. The molecule has 8 heteroatoms. The largest absolute Gasteiger partial charge is 0.364 e. The molecule has 0 aromatic carbocycles. The topological polar surface area (TPSA) is 63.4 Å². The number of piperazine rings is 2. The van der Waals surface area contributed by atoms with Gasteiger partial charge in [0.25, 0.3) is 0 Å². The van der Waals surface area contributed by atoms with Gasteiger partial charge in [0.05, 0.1) is 5.69 Å². The molecule has 1 aromatic heterocycles. The summed E-state index contributed by atoms with van der Waals surface area (Å²) in [6, 6.07) is 2.46. The number of likely N-dealkylation sites (N-methyl/N-ethyl adjacent to an activating group) is 1. The molecule has 27 heavy (non-hydrogen) atoms. The van der Waals surface area contributed by atoms with Gasteiger partial charge in [0, 0.05) is 84.6 Å². The van der Waals surface area contributed by atoms with Crippen molar-refractivity contribution in [2.75, 3.05) is 72.5 Å². The van der Waals surface area contributed by atoms with E-state index in [9.17, 15) is 0 Å². The maximum absolute atomic E-state index is 4.93. The first kappa shape index (κ1) is 20.1. The second-order valence-corrected chi connectivity index (χ2v) is 7.50. The van der Waals surface area contributed by atoms with Gasteiger partial charge >= 0.3 is 0 Å². The molecule has 152 valence electrons. The molecule has 2 aliphatic heterocycles. The fraction of sp³-hybridized carbons (Fsp3) is 0.789. The third-order valence-corrected chi connectivity index (χ3v) is 5.79. The summed E-state index contributed by atoms with van der Waals surface area (Å²) >= 11 is 0. The molecular weight excluding hydrogens is 342 g/mol. The Kier molecular flexibility index (Phi) is 7.49. The molecule has 1 atom stereocenters. The van der Waals surface area contributed by atoms with Crippen molar-refractivity contribution in [2.45, 2.75) is 26.4 Å². The molecule has 0 saturated carbocycles. The third-order valence-electron chi connectivity index (χ3n) is 5.79. The van der Waals surface area contributed by atoms with Crippen LogP contribution in [0, 0.1) is 0 Å². The standard InChI is InChI=1S/C19H35N7O/c1-4-23-6-10-25(11-7-23)17(2)15-21-19(20-3)26-12-8-24(9-13-26)16-18-5-14-27-22-18/h5,14,17H,4,6-13,15-16H2,1-3H3,(H,20,21). The Morgan fingerprint density at radius 1 is 1.15 bits per heavy atom. The number of aliphatic imine (C=N–C) groups is 1. The van der Waals surface area contributed by atoms with Crippen molar-refractivity contribution in [1.29, 1.82) is 0 Å². The van der Waals surface area contributed by atoms with Gasteiger partial charge in [-0.25, -0.2) is 0 Å². The van der Waals surface area contributed by atoms with Gasteiger partial charge in [0.1, 0.15) is 6.26 Å². The van der Waals surface area contributed by atoms with Gasteiger partial charge < -0.3 is 19.6 Å². The monoisotopic (exact) mass is 377 g/mol. The van der Waals surface area contributed by atoms with Crippen molar-refractivity contribution in [2.24, 2.45) is 4.99 Å². The fourth-order valence-electron chi connectivity index (χ4n) is 3.89. The first-order valence-corrected chi connectivity index (χ1v) is 10.2. The summed E-state index contributed by atoms with van der Waals surface area (Å²) in [7, 11) is 1.88. The highest BCUT2D eigenvalue weighted by Crippen LogP contribution is 2.08. The zero-order chi connectivity index (χ0) is 19.1. The number of guanidine groups is 1. The van der Waals surface area contributed by atoms with Crippen LogP contribution in [-0.4, -0.2) is 109 Å². The van der Waals surface area contributed by atoms with Crippen LogP contribution in [0.2, 0.25) is 0 Å². The average molecular weight is 378 g/mol. The first-order chi connectivity index (χ1) is 13.2. The SMILES string of the molecule is CCN1CCN(C(C)CNC(=NC)N2CCN(Cc3ccon3)CC2)CC1. The molecule has 1 unspecified atom stereocenters. The molecule has 2 saturated heterocycles. The number of hydrogen-bond acceptors (Lipinski definition) is 6. The summed E-state index contributed by atoms with van der Waals surface area (Å²) in [5.41, 5.74) is 1.00. The van der Waals surface area contributed by atoms with Gasteiger partial charge in [0.2, 0.25) is 0 Å². The molecular formula is C19H35N7O. The molecule has 1 aromatic rings. The predicted octanol–water partition coefficient (Wildman–Crippen LogP) is 0.394. The van der Waals surface area contributed by atoms with Crippen molar-refractivity contribution < 1.29 is 4.52 Å². The van der Waals surface area contributed by atoms with Crippen LogP contribution in [0.25, 0.3) is 0 Å². The zero-order valence-electron chi connectivity index (χ0n) is 17.1. The van der Waals surface area contributed by atoms with Gasteiger partial charge in [0.15, 0.2) is 5.96 Å². The average Bonchev–Trinajstić information content (AvgIpc) is 3.22. The van der Waals surface area contributed by atoms with Crippen LogP contribution < -0.4 is 5.32 Å². The third kappa shape index (κ3) is 5.67. The molecule has 8 nitrogen and oxygen atoms in total. The van der Waals surface area contributed by atoms with E-state index in [2.05, 4.69) is 48.9 Å². The summed E-state index contributed by atoms with van der Waals surface area (Å²) < 4.78 is 4.93. The second kappa shape index (κ2) is 10.1. The van der Waals surface area contributed by atoms with Crippen molar-refractivity contribution in [3.05, 3.63) is 18.0 Å². The number of hydrogen-bond donors (Lipinski definition) is 1. The van der Waals surface area contributed by atoms with E-state index in [1.54, 1.807) is 6.26 Å². The van der Waals surface area contributed by atoms with Gasteiger partial charge in [-0.1, -0.05) is 12.1 Å². The highest BCUT2D eigenvalue weighted by Gasteiger charge is 2.23. The molecule has 0 spiro atoms. The van der Waals surface area contributed by atoms with Gasteiger partial charge in [-0.15, -0.1) is 0 Å². The number of nitrogens with zero attached hydrogens (tertiary/aromatic N) is 6. The lowest BCUT2D eigenvalue weighted by molar-refractivity contribution is 0.106. The van der Waals surface area contributed by atoms with Crippen molar-refractivity contribution in [1.82, 2.24) is 30.1 Å². The van der Waals surface area contributed by atoms with E-state index in [4.69, 9.17) is 4.52 Å². The smallest absolute Gasteiger partial charge is 0.193 e. The Bertz CT molecular complexity index is 561. The minimum Gasteiger partial charge on any atom is -0.364 e. The van der Waals surface area contributed by atoms with Crippen LogP contribution in [-0.2, 0) is 6.54 Å². The van der Waals surface area contributed by atoms with E-state index in [0.29, 0.717) is 6.04 Å². The lowest BCUT2D eigenvalue weighted by Gasteiger charge is -2.39. The molecule has 2 fully saturated rings. The fourth-order valence-corrected chi connectivity index (χ4v) is 3.89. The number of rotatable bonds is 6. The Labute approximate surface area is 163 Å². The molecule has 0 amide bonds. The molecule has 0 bridgehead atoms. The summed E-state index contributed by atoms with van der Waals surface area (Å²) in [5, 5.41) is 7.61. The Balaban J connectivity index is 1.39. The quantitative estimate of drug-likeness (QED) is 0.568. The molecule has 1 N–H and O–H groups in total.